The van der Waals surface area contributed by atoms with Crippen LogP contribution in [0.1, 0.15) is 37.1 Å². The van der Waals surface area contributed by atoms with Crippen LogP contribution < -0.4 is 0 Å². The SMILES string of the molecule is CC(C)C(C(=O)O)c1ccc(-c2cccc(C(F)C(F)F)c2)cc1. The smallest absolute Gasteiger partial charge is 0.311 e. The van der Waals surface area contributed by atoms with E-state index in [1.54, 1.807) is 30.3 Å². The lowest BCUT2D eigenvalue weighted by molar-refractivity contribution is -0.139. The van der Waals surface area contributed by atoms with Crippen molar-refractivity contribution in [3.05, 3.63) is 59.7 Å². The minimum Gasteiger partial charge on any atom is -0.481 e. The highest BCUT2D eigenvalue weighted by Gasteiger charge is 2.24. The van der Waals surface area contributed by atoms with Gasteiger partial charge in [0.25, 0.3) is 6.43 Å². The van der Waals surface area contributed by atoms with Crippen molar-refractivity contribution in [2.45, 2.75) is 32.4 Å². The van der Waals surface area contributed by atoms with Crippen molar-refractivity contribution >= 4 is 5.97 Å². The Balaban J connectivity index is 2.31. The summed E-state index contributed by atoms with van der Waals surface area (Å²) in [6.07, 6.45) is -5.38. The van der Waals surface area contributed by atoms with Gasteiger partial charge in [0.2, 0.25) is 0 Å². The number of hydrogen-bond acceptors (Lipinski definition) is 1. The van der Waals surface area contributed by atoms with Gasteiger partial charge in [0.1, 0.15) is 0 Å². The Morgan fingerprint density at radius 3 is 2.04 bits per heavy atom. The number of benzene rings is 2. The van der Waals surface area contributed by atoms with Crippen LogP contribution in [0.25, 0.3) is 11.1 Å². The number of carbonyl (C=O) groups is 1. The van der Waals surface area contributed by atoms with Crippen LogP contribution in [0.3, 0.4) is 0 Å². The van der Waals surface area contributed by atoms with Crippen LogP contribution in [-0.2, 0) is 4.79 Å². The van der Waals surface area contributed by atoms with Crippen LogP contribution >= 0.6 is 0 Å². The van der Waals surface area contributed by atoms with Gasteiger partial charge >= 0.3 is 5.97 Å². The first-order valence-electron chi connectivity index (χ1n) is 7.66. The highest BCUT2D eigenvalue weighted by molar-refractivity contribution is 5.77. The van der Waals surface area contributed by atoms with Gasteiger partial charge in [0, 0.05) is 0 Å². The van der Waals surface area contributed by atoms with Gasteiger partial charge < -0.3 is 5.11 Å². The number of aliphatic carboxylic acids is 1. The lowest BCUT2D eigenvalue weighted by atomic mass is 9.87. The Labute approximate surface area is 138 Å². The minimum absolute atomic E-state index is 0.0602. The van der Waals surface area contributed by atoms with Gasteiger partial charge in [0.05, 0.1) is 5.92 Å². The maximum absolute atomic E-state index is 13.5. The summed E-state index contributed by atoms with van der Waals surface area (Å²) in [5, 5.41) is 9.32. The lowest BCUT2D eigenvalue weighted by Crippen LogP contribution is -2.17. The van der Waals surface area contributed by atoms with Crippen LogP contribution in [-0.4, -0.2) is 17.5 Å². The van der Waals surface area contributed by atoms with E-state index in [1.165, 1.54) is 18.2 Å². The maximum Gasteiger partial charge on any atom is 0.311 e. The fraction of sp³-hybridized carbons (Fsp3) is 0.316. The van der Waals surface area contributed by atoms with Gasteiger partial charge in [-0.25, -0.2) is 13.2 Å². The first-order chi connectivity index (χ1) is 11.3. The fourth-order valence-electron chi connectivity index (χ4n) is 2.73. The molecule has 2 nitrogen and oxygen atoms in total. The standard InChI is InChI=1S/C19H19F3O2/c1-11(2)16(19(23)24)13-8-6-12(7-9-13)14-4-3-5-15(10-14)17(20)18(21)22/h3-11,16-18H,1-2H3,(H,23,24). The molecule has 2 atom stereocenters. The summed E-state index contributed by atoms with van der Waals surface area (Å²) in [5.41, 5.74) is 1.93. The average molecular weight is 336 g/mol. The van der Waals surface area contributed by atoms with Crippen molar-refractivity contribution in [1.29, 1.82) is 0 Å². The average Bonchev–Trinajstić information content (AvgIpc) is 2.54. The molecule has 0 fully saturated rings. The summed E-state index contributed by atoms with van der Waals surface area (Å²) in [5.74, 6) is -1.56. The molecule has 0 radical (unpaired) electrons. The molecule has 0 aliphatic heterocycles. The molecule has 1 N–H and O–H groups in total. The van der Waals surface area contributed by atoms with Gasteiger partial charge in [-0.1, -0.05) is 56.3 Å². The van der Waals surface area contributed by atoms with Crippen LogP contribution in [0.4, 0.5) is 13.2 Å². The quantitative estimate of drug-likeness (QED) is 0.761. The summed E-state index contributed by atoms with van der Waals surface area (Å²) in [4.78, 5) is 11.4. The number of carboxylic acids is 1. The fourth-order valence-corrected chi connectivity index (χ4v) is 2.73. The lowest BCUT2D eigenvalue weighted by Gasteiger charge is -2.17. The molecular formula is C19H19F3O2. The molecule has 0 saturated carbocycles. The molecule has 5 heteroatoms. The number of rotatable bonds is 6. The van der Waals surface area contributed by atoms with E-state index in [0.29, 0.717) is 11.1 Å². The van der Waals surface area contributed by atoms with E-state index in [1.807, 2.05) is 13.8 Å². The Hall–Kier alpha value is -2.30. The van der Waals surface area contributed by atoms with Gasteiger partial charge in [-0.3, -0.25) is 4.79 Å². The van der Waals surface area contributed by atoms with E-state index in [4.69, 9.17) is 0 Å². The Morgan fingerprint density at radius 2 is 1.54 bits per heavy atom. The predicted octanol–water partition coefficient (Wildman–Crippen LogP) is 5.45. The van der Waals surface area contributed by atoms with E-state index in [-0.39, 0.29) is 11.5 Å². The van der Waals surface area contributed by atoms with Crippen LogP contribution in [0.5, 0.6) is 0 Å². The zero-order valence-electron chi connectivity index (χ0n) is 13.4. The zero-order chi connectivity index (χ0) is 17.9. The highest BCUT2D eigenvalue weighted by Crippen LogP contribution is 2.30. The zero-order valence-corrected chi connectivity index (χ0v) is 13.4. The third-order valence-electron chi connectivity index (χ3n) is 3.96. The largest absolute Gasteiger partial charge is 0.481 e. The molecule has 0 aliphatic carbocycles. The monoisotopic (exact) mass is 336 g/mol. The normalized spacial score (nSPS) is 14.0. The Bertz CT molecular complexity index is 696. The summed E-state index contributed by atoms with van der Waals surface area (Å²) in [6, 6.07) is 12.8. The highest BCUT2D eigenvalue weighted by atomic mass is 19.3. The molecule has 2 rings (SSSR count). The Morgan fingerprint density at radius 1 is 0.917 bits per heavy atom. The van der Waals surface area contributed by atoms with Crippen molar-refractivity contribution in [2.75, 3.05) is 0 Å². The van der Waals surface area contributed by atoms with E-state index in [2.05, 4.69) is 0 Å². The molecule has 2 aromatic carbocycles. The second-order valence-corrected chi connectivity index (χ2v) is 6.04. The van der Waals surface area contributed by atoms with Gasteiger partial charge in [-0.05, 0) is 34.2 Å². The van der Waals surface area contributed by atoms with Crippen molar-refractivity contribution in [1.82, 2.24) is 0 Å². The van der Waals surface area contributed by atoms with E-state index in [0.717, 1.165) is 5.56 Å². The molecule has 0 aromatic heterocycles. The molecule has 2 unspecified atom stereocenters. The number of alkyl halides is 3. The molecule has 24 heavy (non-hydrogen) atoms. The topological polar surface area (TPSA) is 37.3 Å². The maximum atomic E-state index is 13.5. The molecule has 0 spiro atoms. The van der Waals surface area contributed by atoms with Crippen molar-refractivity contribution in [3.63, 3.8) is 0 Å². The van der Waals surface area contributed by atoms with Crippen LogP contribution in [0, 0.1) is 5.92 Å². The van der Waals surface area contributed by atoms with Crippen LogP contribution in [0.15, 0.2) is 48.5 Å². The second kappa shape index (κ2) is 7.51. The van der Waals surface area contributed by atoms with Gasteiger partial charge in [0.15, 0.2) is 6.17 Å². The molecule has 2 aromatic rings. The minimum atomic E-state index is -3.06. The molecule has 0 amide bonds. The van der Waals surface area contributed by atoms with Gasteiger partial charge in [-0.15, -0.1) is 0 Å². The third-order valence-corrected chi connectivity index (χ3v) is 3.96. The van der Waals surface area contributed by atoms with E-state index >= 15 is 0 Å². The van der Waals surface area contributed by atoms with Crippen molar-refractivity contribution in [2.24, 2.45) is 5.92 Å². The van der Waals surface area contributed by atoms with Crippen LogP contribution in [0.2, 0.25) is 0 Å². The third kappa shape index (κ3) is 3.96. The predicted molar refractivity (Wildman–Crippen MR) is 86.9 cm³/mol. The van der Waals surface area contributed by atoms with Gasteiger partial charge in [-0.2, -0.15) is 0 Å². The molecule has 0 saturated heterocycles. The number of hydrogen-bond donors (Lipinski definition) is 1. The Kier molecular flexibility index (Phi) is 5.65. The second-order valence-electron chi connectivity index (χ2n) is 6.04. The van der Waals surface area contributed by atoms with Crippen molar-refractivity contribution in [3.8, 4) is 11.1 Å². The summed E-state index contributed by atoms with van der Waals surface area (Å²) < 4.78 is 38.5. The van der Waals surface area contributed by atoms with E-state index < -0.39 is 24.5 Å². The first kappa shape index (κ1) is 18.0. The summed E-state index contributed by atoms with van der Waals surface area (Å²) in [6.45, 7) is 3.67. The molecule has 0 aliphatic rings. The van der Waals surface area contributed by atoms with Crippen molar-refractivity contribution < 1.29 is 23.1 Å². The number of carboxylic acid groups (broad SMARTS) is 1. The first-order valence-corrected chi connectivity index (χ1v) is 7.66. The molecule has 0 heterocycles. The summed E-state index contributed by atoms with van der Waals surface area (Å²) >= 11 is 0. The molecule has 128 valence electrons. The molecular weight excluding hydrogens is 317 g/mol. The molecule has 0 bridgehead atoms. The summed E-state index contributed by atoms with van der Waals surface area (Å²) in [7, 11) is 0. The van der Waals surface area contributed by atoms with E-state index in [9.17, 15) is 23.1 Å². The number of halogens is 3.